The van der Waals surface area contributed by atoms with Crippen molar-refractivity contribution in [3.05, 3.63) is 70.8 Å². The molecule has 0 atom stereocenters. The van der Waals surface area contributed by atoms with E-state index < -0.39 is 11.9 Å². The van der Waals surface area contributed by atoms with Crippen LogP contribution in [0.15, 0.2) is 54.6 Å². The fourth-order valence-corrected chi connectivity index (χ4v) is 2.70. The van der Waals surface area contributed by atoms with E-state index >= 15 is 0 Å². The second-order valence-corrected chi connectivity index (χ2v) is 6.23. The van der Waals surface area contributed by atoms with Crippen LogP contribution in [-0.2, 0) is 9.53 Å². The van der Waals surface area contributed by atoms with Crippen molar-refractivity contribution in [1.29, 1.82) is 5.26 Å². The van der Waals surface area contributed by atoms with Crippen molar-refractivity contribution < 1.29 is 23.8 Å². The molecule has 8 heteroatoms. The third kappa shape index (κ3) is 5.63. The van der Waals surface area contributed by atoms with Gasteiger partial charge >= 0.3 is 5.97 Å². The van der Waals surface area contributed by atoms with Gasteiger partial charge in [-0.1, -0.05) is 24.3 Å². The number of halogens is 1. The molecule has 0 saturated carbocycles. The summed E-state index contributed by atoms with van der Waals surface area (Å²) < 4.78 is 15.4. The molecule has 0 saturated heterocycles. The zero-order valence-corrected chi connectivity index (χ0v) is 17.2. The predicted molar refractivity (Wildman–Crippen MR) is 114 cm³/mol. The molecule has 1 amide bonds. The fourth-order valence-electron chi connectivity index (χ4n) is 2.43. The molecule has 1 N–H and O–H groups in total. The van der Waals surface area contributed by atoms with Gasteiger partial charge in [-0.2, -0.15) is 5.26 Å². The van der Waals surface area contributed by atoms with E-state index in [0.717, 1.165) is 0 Å². The van der Waals surface area contributed by atoms with Crippen LogP contribution >= 0.6 is 11.6 Å². The molecule has 2 aromatic carbocycles. The number of nitrogens with zero attached hydrogens (tertiary/aromatic N) is 1. The minimum absolute atomic E-state index is 0.148. The molecule has 7 nitrogen and oxygen atoms in total. The molecule has 0 aliphatic heterocycles. The number of esters is 1. The molecule has 0 unspecified atom stereocenters. The van der Waals surface area contributed by atoms with Gasteiger partial charge in [0.15, 0.2) is 11.5 Å². The predicted octanol–water partition coefficient (Wildman–Crippen LogP) is 4.25. The molecule has 30 heavy (non-hydrogen) atoms. The van der Waals surface area contributed by atoms with Gasteiger partial charge in [0.1, 0.15) is 18.2 Å². The van der Waals surface area contributed by atoms with Crippen LogP contribution in [0.4, 0.5) is 5.69 Å². The first-order valence-corrected chi connectivity index (χ1v) is 9.04. The molecular weight excluding hydrogens is 408 g/mol. The Bertz CT molecular complexity index is 1020. The minimum Gasteiger partial charge on any atom is -0.493 e. The summed E-state index contributed by atoms with van der Waals surface area (Å²) in [4.78, 5) is 23.9. The van der Waals surface area contributed by atoms with E-state index in [1.807, 2.05) is 6.07 Å². The summed E-state index contributed by atoms with van der Waals surface area (Å²) in [5, 5.41) is 12.3. The lowest BCUT2D eigenvalue weighted by Crippen LogP contribution is -2.13. The number of benzene rings is 2. The average Bonchev–Trinajstić information content (AvgIpc) is 2.76. The second-order valence-electron chi connectivity index (χ2n) is 5.83. The molecule has 0 radical (unpaired) electrons. The summed E-state index contributed by atoms with van der Waals surface area (Å²) in [7, 11) is 2.73. The number of nitriles is 1. The van der Waals surface area contributed by atoms with Crippen LogP contribution in [0.1, 0.15) is 15.9 Å². The summed E-state index contributed by atoms with van der Waals surface area (Å²) in [6.45, 7) is 3.82. The Morgan fingerprint density at radius 2 is 1.93 bits per heavy atom. The summed E-state index contributed by atoms with van der Waals surface area (Å²) >= 11 is 6.25. The topological polar surface area (TPSA) is 97.7 Å². The highest BCUT2D eigenvalue weighted by atomic mass is 35.5. The van der Waals surface area contributed by atoms with Crippen LogP contribution in [0.3, 0.4) is 0 Å². The van der Waals surface area contributed by atoms with Crippen LogP contribution in [0.25, 0.3) is 6.08 Å². The van der Waals surface area contributed by atoms with E-state index in [2.05, 4.69) is 16.6 Å². The molecule has 0 aliphatic carbocycles. The number of ether oxygens (including phenoxy) is 3. The van der Waals surface area contributed by atoms with Gasteiger partial charge in [-0.3, -0.25) is 4.79 Å². The highest BCUT2D eigenvalue weighted by Crippen LogP contribution is 2.37. The third-order valence-corrected chi connectivity index (χ3v) is 4.12. The Morgan fingerprint density at radius 1 is 1.23 bits per heavy atom. The number of hydrogen-bond donors (Lipinski definition) is 1. The van der Waals surface area contributed by atoms with Crippen LogP contribution in [0.5, 0.6) is 11.5 Å². The molecule has 0 aliphatic rings. The van der Waals surface area contributed by atoms with E-state index in [1.165, 1.54) is 44.6 Å². The number of anilines is 1. The monoisotopic (exact) mass is 426 g/mol. The van der Waals surface area contributed by atoms with Gasteiger partial charge in [-0.25, -0.2) is 4.79 Å². The lowest BCUT2D eigenvalue weighted by atomic mass is 10.1. The van der Waals surface area contributed by atoms with E-state index in [-0.39, 0.29) is 17.2 Å². The maximum atomic E-state index is 12.5. The smallest absolute Gasteiger partial charge is 0.337 e. The number of carbonyl (C=O) groups excluding carboxylic acids is 2. The Hall–Kier alpha value is -3.76. The highest BCUT2D eigenvalue weighted by molar-refractivity contribution is 6.32. The standard InChI is InChI=1S/C22H19ClN2O5/c1-4-9-30-20-18(23)11-14(12-19(20)28-2)10-16(13-24)21(26)25-17-7-5-15(6-8-17)22(27)29-3/h4-8,10-12H,1,9H2,2-3H3,(H,25,26)/b16-10+. The maximum absolute atomic E-state index is 12.5. The van der Waals surface area contributed by atoms with Gasteiger partial charge in [0, 0.05) is 5.69 Å². The Kier molecular flexibility index (Phi) is 8.03. The Labute approximate surface area is 179 Å². The van der Waals surface area contributed by atoms with Crippen molar-refractivity contribution in [3.63, 3.8) is 0 Å². The van der Waals surface area contributed by atoms with Gasteiger partial charge < -0.3 is 19.5 Å². The molecule has 154 valence electrons. The number of amides is 1. The molecule has 2 aromatic rings. The quantitative estimate of drug-likeness (QED) is 0.293. The van der Waals surface area contributed by atoms with Gasteiger partial charge in [-0.05, 0) is 48.0 Å². The van der Waals surface area contributed by atoms with Crippen molar-refractivity contribution in [1.82, 2.24) is 0 Å². The lowest BCUT2D eigenvalue weighted by Gasteiger charge is -2.12. The summed E-state index contributed by atoms with van der Waals surface area (Å²) in [6.07, 6.45) is 2.95. The van der Waals surface area contributed by atoms with Crippen molar-refractivity contribution >= 4 is 35.2 Å². The van der Waals surface area contributed by atoms with Crippen LogP contribution in [-0.4, -0.2) is 32.7 Å². The van der Waals surface area contributed by atoms with Gasteiger partial charge in [0.2, 0.25) is 0 Å². The van der Waals surface area contributed by atoms with Crippen molar-refractivity contribution in [3.8, 4) is 17.6 Å². The summed E-state index contributed by atoms with van der Waals surface area (Å²) in [6, 6.07) is 11.1. The largest absolute Gasteiger partial charge is 0.493 e. The zero-order chi connectivity index (χ0) is 22.1. The van der Waals surface area contributed by atoms with E-state index in [1.54, 1.807) is 18.2 Å². The first-order valence-electron chi connectivity index (χ1n) is 8.66. The van der Waals surface area contributed by atoms with Crippen molar-refractivity contribution in [2.75, 3.05) is 26.1 Å². The highest BCUT2D eigenvalue weighted by Gasteiger charge is 2.14. The van der Waals surface area contributed by atoms with Crippen molar-refractivity contribution in [2.24, 2.45) is 0 Å². The number of rotatable bonds is 8. The summed E-state index contributed by atoms with van der Waals surface area (Å²) in [5.74, 6) is -0.418. The number of nitrogens with one attached hydrogen (secondary N) is 1. The third-order valence-electron chi connectivity index (χ3n) is 3.84. The fraction of sp³-hybridized carbons (Fsp3) is 0.136. The molecule has 0 heterocycles. The normalized spacial score (nSPS) is 10.5. The SMILES string of the molecule is C=CCOc1c(Cl)cc(/C=C(\C#N)C(=O)Nc2ccc(C(=O)OC)cc2)cc1OC. The molecule has 0 aromatic heterocycles. The van der Waals surface area contributed by atoms with Crippen molar-refractivity contribution in [2.45, 2.75) is 0 Å². The maximum Gasteiger partial charge on any atom is 0.337 e. The second kappa shape index (κ2) is 10.7. The van der Waals surface area contributed by atoms with Gasteiger partial charge in [0.05, 0.1) is 24.8 Å². The first-order chi connectivity index (χ1) is 14.4. The number of hydrogen-bond acceptors (Lipinski definition) is 6. The van der Waals surface area contributed by atoms with E-state index in [0.29, 0.717) is 28.3 Å². The molecule has 0 fully saturated rings. The number of methoxy groups -OCH3 is 2. The lowest BCUT2D eigenvalue weighted by molar-refractivity contribution is -0.112. The number of carbonyl (C=O) groups is 2. The Balaban J connectivity index is 2.25. The van der Waals surface area contributed by atoms with Crippen LogP contribution in [0.2, 0.25) is 5.02 Å². The average molecular weight is 427 g/mol. The van der Waals surface area contributed by atoms with Gasteiger partial charge in [0.25, 0.3) is 5.91 Å². The molecule has 0 bridgehead atoms. The van der Waals surface area contributed by atoms with E-state index in [4.69, 9.17) is 21.1 Å². The van der Waals surface area contributed by atoms with E-state index in [9.17, 15) is 14.9 Å². The first kappa shape index (κ1) is 22.5. The zero-order valence-electron chi connectivity index (χ0n) is 16.4. The Morgan fingerprint density at radius 3 is 2.50 bits per heavy atom. The molecular formula is C22H19ClN2O5. The molecule has 0 spiro atoms. The molecule has 2 rings (SSSR count). The van der Waals surface area contributed by atoms with Crippen LogP contribution < -0.4 is 14.8 Å². The van der Waals surface area contributed by atoms with Crippen LogP contribution in [0, 0.1) is 11.3 Å². The summed E-state index contributed by atoms with van der Waals surface area (Å²) in [5.41, 5.74) is 1.09. The van der Waals surface area contributed by atoms with Gasteiger partial charge in [-0.15, -0.1) is 0 Å². The minimum atomic E-state index is -0.620.